The molecule has 0 saturated carbocycles. The van der Waals surface area contributed by atoms with Crippen LogP contribution in [0.25, 0.3) is 0 Å². The highest BCUT2D eigenvalue weighted by Crippen LogP contribution is 2.16. The standard InChI is InChI=1S/C9H6F3NO/c10-7-1-2-8(11)9(12)6(7)3-4-13-5-14/h1-2H,3-4H2. The zero-order chi connectivity index (χ0) is 10.6. The molecule has 0 amide bonds. The van der Waals surface area contributed by atoms with E-state index < -0.39 is 23.0 Å². The zero-order valence-electron chi connectivity index (χ0n) is 7.06. The SMILES string of the molecule is O=C=NCCc1c(F)ccc(F)c1F. The van der Waals surface area contributed by atoms with E-state index in [4.69, 9.17) is 0 Å². The van der Waals surface area contributed by atoms with E-state index in [9.17, 15) is 18.0 Å². The van der Waals surface area contributed by atoms with Gasteiger partial charge in [-0.1, -0.05) is 0 Å². The second kappa shape index (κ2) is 4.58. The minimum Gasteiger partial charge on any atom is -0.211 e. The van der Waals surface area contributed by atoms with E-state index in [0.717, 1.165) is 6.07 Å². The van der Waals surface area contributed by atoms with E-state index in [1.807, 2.05) is 0 Å². The molecule has 0 unspecified atom stereocenters. The van der Waals surface area contributed by atoms with Crippen LogP contribution in [0.5, 0.6) is 0 Å². The third kappa shape index (κ3) is 2.20. The van der Waals surface area contributed by atoms with Gasteiger partial charge in [-0.25, -0.2) is 23.0 Å². The molecule has 0 aliphatic heterocycles. The molecule has 0 spiro atoms. The lowest BCUT2D eigenvalue weighted by Crippen LogP contribution is -2.00. The van der Waals surface area contributed by atoms with E-state index in [1.165, 1.54) is 6.08 Å². The van der Waals surface area contributed by atoms with Gasteiger partial charge in [0.15, 0.2) is 11.6 Å². The molecule has 1 aromatic rings. The number of aliphatic imine (C=N–C) groups is 1. The molecule has 0 aliphatic rings. The molecule has 0 saturated heterocycles. The van der Waals surface area contributed by atoms with Crippen molar-refractivity contribution in [3.05, 3.63) is 35.1 Å². The molecule has 2 nitrogen and oxygen atoms in total. The Morgan fingerprint density at radius 2 is 1.86 bits per heavy atom. The van der Waals surface area contributed by atoms with Crippen LogP contribution in [-0.4, -0.2) is 12.6 Å². The van der Waals surface area contributed by atoms with Crippen LogP contribution in [-0.2, 0) is 11.2 Å². The fraction of sp³-hybridized carbons (Fsp3) is 0.222. The minimum atomic E-state index is -1.23. The molecule has 0 radical (unpaired) electrons. The molecular weight excluding hydrogens is 195 g/mol. The van der Waals surface area contributed by atoms with Gasteiger partial charge in [-0.3, -0.25) is 0 Å². The Balaban J connectivity index is 2.94. The predicted molar refractivity (Wildman–Crippen MR) is 43.0 cm³/mol. The van der Waals surface area contributed by atoms with Crippen LogP contribution >= 0.6 is 0 Å². The first-order valence-corrected chi connectivity index (χ1v) is 3.83. The first-order valence-electron chi connectivity index (χ1n) is 3.83. The number of rotatable bonds is 3. The number of isocyanates is 1. The summed E-state index contributed by atoms with van der Waals surface area (Å²) in [5, 5.41) is 0. The number of halogens is 3. The van der Waals surface area contributed by atoms with Crippen LogP contribution in [0.3, 0.4) is 0 Å². The van der Waals surface area contributed by atoms with Crippen LogP contribution in [0, 0.1) is 17.5 Å². The molecule has 1 aromatic carbocycles. The van der Waals surface area contributed by atoms with E-state index in [-0.39, 0.29) is 13.0 Å². The average molecular weight is 201 g/mol. The molecule has 0 aliphatic carbocycles. The summed E-state index contributed by atoms with van der Waals surface area (Å²) in [5.74, 6) is -3.19. The lowest BCUT2D eigenvalue weighted by molar-refractivity contribution is 0.479. The highest BCUT2D eigenvalue weighted by molar-refractivity contribution is 5.33. The van der Waals surface area contributed by atoms with Gasteiger partial charge in [-0.2, -0.15) is 0 Å². The Morgan fingerprint density at radius 1 is 1.21 bits per heavy atom. The van der Waals surface area contributed by atoms with E-state index in [0.29, 0.717) is 6.07 Å². The van der Waals surface area contributed by atoms with Crippen molar-refractivity contribution >= 4 is 6.08 Å². The molecule has 14 heavy (non-hydrogen) atoms. The van der Waals surface area contributed by atoms with Crippen molar-refractivity contribution in [2.24, 2.45) is 4.99 Å². The van der Waals surface area contributed by atoms with Gasteiger partial charge in [0.05, 0.1) is 6.54 Å². The van der Waals surface area contributed by atoms with Gasteiger partial charge in [0.25, 0.3) is 0 Å². The molecular formula is C9H6F3NO. The molecule has 0 fully saturated rings. The smallest absolute Gasteiger partial charge is 0.211 e. The second-order valence-electron chi connectivity index (χ2n) is 2.54. The summed E-state index contributed by atoms with van der Waals surface area (Å²) < 4.78 is 38.5. The summed E-state index contributed by atoms with van der Waals surface area (Å²) in [6.45, 7) is -0.110. The summed E-state index contributed by atoms with van der Waals surface area (Å²) in [6, 6.07) is 1.54. The van der Waals surface area contributed by atoms with Gasteiger partial charge in [0, 0.05) is 5.56 Å². The molecule has 5 heteroatoms. The Labute approximate surface area is 78.1 Å². The largest absolute Gasteiger partial charge is 0.234 e. The first kappa shape index (κ1) is 10.5. The highest BCUT2D eigenvalue weighted by atomic mass is 19.2. The maximum Gasteiger partial charge on any atom is 0.234 e. The zero-order valence-corrected chi connectivity index (χ0v) is 7.06. The molecule has 74 valence electrons. The Kier molecular flexibility index (Phi) is 3.42. The molecule has 0 N–H and O–H groups in total. The van der Waals surface area contributed by atoms with Crippen molar-refractivity contribution in [1.29, 1.82) is 0 Å². The third-order valence-electron chi connectivity index (χ3n) is 1.68. The molecule has 1 rings (SSSR count). The van der Waals surface area contributed by atoms with Gasteiger partial charge in [0.1, 0.15) is 5.82 Å². The summed E-state index contributed by atoms with van der Waals surface area (Å²) in [4.78, 5) is 12.8. The fourth-order valence-electron chi connectivity index (χ4n) is 1.01. The van der Waals surface area contributed by atoms with Crippen molar-refractivity contribution in [3.63, 3.8) is 0 Å². The third-order valence-corrected chi connectivity index (χ3v) is 1.68. The summed E-state index contributed by atoms with van der Waals surface area (Å²) in [5.41, 5.74) is -0.399. The van der Waals surface area contributed by atoms with Crippen LogP contribution < -0.4 is 0 Å². The second-order valence-corrected chi connectivity index (χ2v) is 2.54. The Morgan fingerprint density at radius 3 is 2.50 bits per heavy atom. The minimum absolute atomic E-state index is 0.110. The number of hydrogen-bond acceptors (Lipinski definition) is 2. The van der Waals surface area contributed by atoms with E-state index >= 15 is 0 Å². The summed E-state index contributed by atoms with van der Waals surface area (Å²) in [6.07, 6.45) is 1.07. The number of hydrogen-bond donors (Lipinski definition) is 0. The van der Waals surface area contributed by atoms with E-state index in [2.05, 4.69) is 4.99 Å². The topological polar surface area (TPSA) is 29.4 Å². The first-order chi connectivity index (χ1) is 6.66. The average Bonchev–Trinajstić information content (AvgIpc) is 2.18. The van der Waals surface area contributed by atoms with Gasteiger partial charge in [-0.15, -0.1) is 0 Å². The fourth-order valence-corrected chi connectivity index (χ4v) is 1.01. The van der Waals surface area contributed by atoms with Crippen molar-refractivity contribution in [2.75, 3.05) is 6.54 Å². The van der Waals surface area contributed by atoms with Crippen molar-refractivity contribution in [2.45, 2.75) is 6.42 Å². The van der Waals surface area contributed by atoms with Crippen molar-refractivity contribution in [3.8, 4) is 0 Å². The maximum atomic E-state index is 12.9. The summed E-state index contributed by atoms with van der Waals surface area (Å²) >= 11 is 0. The normalized spacial score (nSPS) is 9.64. The summed E-state index contributed by atoms with van der Waals surface area (Å²) in [7, 11) is 0. The van der Waals surface area contributed by atoms with E-state index in [1.54, 1.807) is 0 Å². The van der Waals surface area contributed by atoms with Gasteiger partial charge >= 0.3 is 0 Å². The molecule has 0 heterocycles. The molecule has 0 aromatic heterocycles. The lowest BCUT2D eigenvalue weighted by Gasteiger charge is -2.02. The van der Waals surface area contributed by atoms with Crippen molar-refractivity contribution in [1.82, 2.24) is 0 Å². The highest BCUT2D eigenvalue weighted by Gasteiger charge is 2.12. The van der Waals surface area contributed by atoms with Crippen LogP contribution in [0.4, 0.5) is 13.2 Å². The lowest BCUT2D eigenvalue weighted by atomic mass is 10.1. The monoisotopic (exact) mass is 201 g/mol. The molecule has 0 bridgehead atoms. The van der Waals surface area contributed by atoms with Gasteiger partial charge in [-0.05, 0) is 18.6 Å². The van der Waals surface area contributed by atoms with Crippen LogP contribution in [0.15, 0.2) is 17.1 Å². The van der Waals surface area contributed by atoms with Crippen molar-refractivity contribution < 1.29 is 18.0 Å². The number of benzene rings is 1. The van der Waals surface area contributed by atoms with Crippen LogP contribution in [0.2, 0.25) is 0 Å². The Hall–Kier alpha value is -1.61. The number of carbonyl (C=O) groups excluding carboxylic acids is 1. The molecule has 0 atom stereocenters. The quantitative estimate of drug-likeness (QED) is 0.417. The van der Waals surface area contributed by atoms with Crippen LogP contribution in [0.1, 0.15) is 5.56 Å². The predicted octanol–water partition coefficient (Wildman–Crippen LogP) is 1.98. The number of nitrogens with zero attached hydrogens (tertiary/aromatic N) is 1. The van der Waals surface area contributed by atoms with Gasteiger partial charge < -0.3 is 0 Å². The maximum absolute atomic E-state index is 12.9. The van der Waals surface area contributed by atoms with Gasteiger partial charge in [0.2, 0.25) is 6.08 Å². The Bertz CT molecular complexity index is 386.